The van der Waals surface area contributed by atoms with E-state index >= 15 is 0 Å². The van der Waals surface area contributed by atoms with Gasteiger partial charge in [-0.1, -0.05) is 12.1 Å². The zero-order valence-electron chi connectivity index (χ0n) is 17.2. The maximum absolute atomic E-state index is 14.0. The standard InChI is InChI=1S/C23H24F3N3O2/c1-31-12-4-11-29(23(30)27-22-9-8-19(25)14-21(22)26)16-20-7-3-10-28(20)15-17-5-2-6-18(24)13-17/h2-3,5-10,13-14H,4,11-12,15-16H2,1H3,(H,27,30). The van der Waals surface area contributed by atoms with E-state index in [4.69, 9.17) is 4.74 Å². The normalized spacial score (nSPS) is 10.8. The summed E-state index contributed by atoms with van der Waals surface area (Å²) in [6.07, 6.45) is 2.44. The number of ether oxygens (including phenoxy) is 1. The van der Waals surface area contributed by atoms with E-state index in [1.807, 2.05) is 29.0 Å². The van der Waals surface area contributed by atoms with Crippen LogP contribution in [0.15, 0.2) is 60.8 Å². The molecule has 0 aliphatic heterocycles. The summed E-state index contributed by atoms with van der Waals surface area (Å²) in [4.78, 5) is 14.4. The second kappa shape index (κ2) is 10.7. The summed E-state index contributed by atoms with van der Waals surface area (Å²) in [7, 11) is 1.57. The number of methoxy groups -OCH3 is 1. The molecule has 8 heteroatoms. The number of hydrogen-bond donors (Lipinski definition) is 1. The number of rotatable bonds is 9. The van der Waals surface area contributed by atoms with Crippen LogP contribution in [0.25, 0.3) is 0 Å². The average Bonchev–Trinajstić information content (AvgIpc) is 3.16. The van der Waals surface area contributed by atoms with E-state index in [9.17, 15) is 18.0 Å². The molecule has 2 aromatic carbocycles. The smallest absolute Gasteiger partial charge is 0.322 e. The van der Waals surface area contributed by atoms with Crippen LogP contribution in [-0.2, 0) is 17.8 Å². The first-order valence-electron chi connectivity index (χ1n) is 9.84. The number of carbonyl (C=O) groups excluding carboxylic acids is 1. The van der Waals surface area contributed by atoms with Crippen molar-refractivity contribution in [1.29, 1.82) is 0 Å². The lowest BCUT2D eigenvalue weighted by molar-refractivity contribution is 0.171. The van der Waals surface area contributed by atoms with E-state index in [2.05, 4.69) is 5.32 Å². The fraction of sp³-hybridized carbons (Fsp3) is 0.261. The Labute approximate surface area is 179 Å². The van der Waals surface area contributed by atoms with E-state index < -0.39 is 17.7 Å². The van der Waals surface area contributed by atoms with Gasteiger partial charge in [-0.15, -0.1) is 0 Å². The lowest BCUT2D eigenvalue weighted by atomic mass is 10.2. The lowest BCUT2D eigenvalue weighted by Crippen LogP contribution is -2.36. The van der Waals surface area contributed by atoms with Gasteiger partial charge < -0.3 is 19.5 Å². The largest absolute Gasteiger partial charge is 0.385 e. The molecule has 0 aliphatic rings. The number of benzene rings is 2. The maximum atomic E-state index is 14.0. The molecule has 0 spiro atoms. The van der Waals surface area contributed by atoms with Crippen LogP contribution in [0.3, 0.4) is 0 Å². The molecule has 3 aromatic rings. The highest BCUT2D eigenvalue weighted by Gasteiger charge is 2.17. The average molecular weight is 431 g/mol. The van der Waals surface area contributed by atoms with Gasteiger partial charge in [0.1, 0.15) is 17.5 Å². The molecule has 1 aromatic heterocycles. The molecule has 3 rings (SSSR count). The Morgan fingerprint density at radius 3 is 2.61 bits per heavy atom. The van der Waals surface area contributed by atoms with Gasteiger partial charge in [0.15, 0.2) is 0 Å². The van der Waals surface area contributed by atoms with Crippen molar-refractivity contribution in [3.8, 4) is 0 Å². The Morgan fingerprint density at radius 2 is 1.87 bits per heavy atom. The van der Waals surface area contributed by atoms with Crippen molar-refractivity contribution in [3.63, 3.8) is 0 Å². The molecule has 1 heterocycles. The Kier molecular flexibility index (Phi) is 7.72. The third-order valence-electron chi connectivity index (χ3n) is 4.75. The van der Waals surface area contributed by atoms with Crippen molar-refractivity contribution in [2.45, 2.75) is 19.5 Å². The number of hydrogen-bond acceptors (Lipinski definition) is 2. The summed E-state index contributed by atoms with van der Waals surface area (Å²) in [5.41, 5.74) is 1.52. The van der Waals surface area contributed by atoms with Gasteiger partial charge in [-0.25, -0.2) is 18.0 Å². The molecular weight excluding hydrogens is 407 g/mol. The molecule has 0 unspecified atom stereocenters. The van der Waals surface area contributed by atoms with Crippen LogP contribution in [0, 0.1) is 17.5 Å². The second-order valence-corrected chi connectivity index (χ2v) is 7.08. The predicted octanol–water partition coefficient (Wildman–Crippen LogP) is 5.02. The van der Waals surface area contributed by atoms with E-state index in [1.165, 1.54) is 23.1 Å². The molecule has 0 radical (unpaired) electrons. The van der Waals surface area contributed by atoms with Gasteiger partial charge in [0.25, 0.3) is 0 Å². The van der Waals surface area contributed by atoms with Gasteiger partial charge in [0.05, 0.1) is 12.2 Å². The van der Waals surface area contributed by atoms with Crippen molar-refractivity contribution in [1.82, 2.24) is 9.47 Å². The number of carbonyl (C=O) groups is 1. The van der Waals surface area contributed by atoms with Gasteiger partial charge in [0, 0.05) is 44.8 Å². The topological polar surface area (TPSA) is 46.5 Å². The number of halogens is 3. The Balaban J connectivity index is 1.75. The van der Waals surface area contributed by atoms with Crippen LogP contribution < -0.4 is 5.32 Å². The first kappa shape index (κ1) is 22.4. The predicted molar refractivity (Wildman–Crippen MR) is 112 cm³/mol. The van der Waals surface area contributed by atoms with E-state index in [-0.39, 0.29) is 18.0 Å². The van der Waals surface area contributed by atoms with Gasteiger partial charge in [-0.05, 0) is 48.4 Å². The molecule has 31 heavy (non-hydrogen) atoms. The molecule has 0 bridgehead atoms. The van der Waals surface area contributed by atoms with Crippen LogP contribution in [0.1, 0.15) is 17.7 Å². The molecule has 0 saturated carbocycles. The first-order chi connectivity index (χ1) is 15.0. The zero-order chi connectivity index (χ0) is 22.2. The van der Waals surface area contributed by atoms with E-state index in [0.717, 1.165) is 23.4 Å². The molecule has 0 atom stereocenters. The SMILES string of the molecule is COCCCN(Cc1cccn1Cc1cccc(F)c1)C(=O)Nc1ccc(F)cc1F. The van der Waals surface area contributed by atoms with Gasteiger partial charge in [-0.3, -0.25) is 0 Å². The van der Waals surface area contributed by atoms with Gasteiger partial charge >= 0.3 is 6.03 Å². The maximum Gasteiger partial charge on any atom is 0.322 e. The van der Waals surface area contributed by atoms with Gasteiger partial charge in [0.2, 0.25) is 0 Å². The molecule has 1 N–H and O–H groups in total. The number of urea groups is 1. The highest BCUT2D eigenvalue weighted by molar-refractivity contribution is 5.89. The molecule has 0 saturated heterocycles. The fourth-order valence-corrected chi connectivity index (χ4v) is 3.21. The number of aromatic nitrogens is 1. The second-order valence-electron chi connectivity index (χ2n) is 7.08. The van der Waals surface area contributed by atoms with Crippen molar-refractivity contribution in [2.75, 3.05) is 25.6 Å². The molecule has 5 nitrogen and oxygen atoms in total. The third-order valence-corrected chi connectivity index (χ3v) is 4.75. The lowest BCUT2D eigenvalue weighted by Gasteiger charge is -2.24. The zero-order valence-corrected chi connectivity index (χ0v) is 17.2. The summed E-state index contributed by atoms with van der Waals surface area (Å²) in [5, 5.41) is 2.50. The molecule has 164 valence electrons. The quantitative estimate of drug-likeness (QED) is 0.484. The summed E-state index contributed by atoms with van der Waals surface area (Å²) in [5.74, 6) is -1.88. The van der Waals surface area contributed by atoms with E-state index in [0.29, 0.717) is 26.1 Å². The molecule has 0 aliphatic carbocycles. The minimum Gasteiger partial charge on any atom is -0.385 e. The summed E-state index contributed by atoms with van der Waals surface area (Å²) in [6.45, 7) is 1.52. The Bertz CT molecular complexity index is 1020. The third kappa shape index (κ3) is 6.36. The highest BCUT2D eigenvalue weighted by Crippen LogP contribution is 2.17. The molecule has 2 amide bonds. The van der Waals surface area contributed by atoms with Crippen LogP contribution in [0.2, 0.25) is 0 Å². The number of nitrogens with zero attached hydrogens (tertiary/aromatic N) is 2. The number of anilines is 1. The fourth-order valence-electron chi connectivity index (χ4n) is 3.21. The minimum absolute atomic E-state index is 0.0988. The summed E-state index contributed by atoms with van der Waals surface area (Å²) < 4.78 is 47.6. The molecular formula is C23H24F3N3O2. The molecule has 0 fully saturated rings. The van der Waals surface area contributed by atoms with Crippen molar-refractivity contribution < 1.29 is 22.7 Å². The minimum atomic E-state index is -0.848. The van der Waals surface area contributed by atoms with Crippen LogP contribution in [0.4, 0.5) is 23.7 Å². The Morgan fingerprint density at radius 1 is 1.06 bits per heavy atom. The van der Waals surface area contributed by atoms with Crippen LogP contribution in [0.5, 0.6) is 0 Å². The number of nitrogens with one attached hydrogen (secondary N) is 1. The van der Waals surface area contributed by atoms with E-state index in [1.54, 1.807) is 13.2 Å². The van der Waals surface area contributed by atoms with Crippen LogP contribution in [-0.4, -0.2) is 35.8 Å². The summed E-state index contributed by atoms with van der Waals surface area (Å²) in [6, 6.07) is 12.5. The Hall–Kier alpha value is -3.26. The number of amides is 2. The van der Waals surface area contributed by atoms with Crippen molar-refractivity contribution in [3.05, 3.63) is 89.5 Å². The summed E-state index contributed by atoms with van der Waals surface area (Å²) >= 11 is 0. The highest BCUT2D eigenvalue weighted by atomic mass is 19.1. The van der Waals surface area contributed by atoms with Crippen LogP contribution >= 0.6 is 0 Å². The van der Waals surface area contributed by atoms with Crippen molar-refractivity contribution >= 4 is 11.7 Å². The van der Waals surface area contributed by atoms with Crippen molar-refractivity contribution in [2.24, 2.45) is 0 Å². The first-order valence-corrected chi connectivity index (χ1v) is 9.84. The monoisotopic (exact) mass is 431 g/mol. The van der Waals surface area contributed by atoms with Gasteiger partial charge in [-0.2, -0.15) is 0 Å².